The number of halogens is 1. The zero-order chi connectivity index (χ0) is 16.3. The first-order valence-electron chi connectivity index (χ1n) is 7.57. The van der Waals surface area contributed by atoms with Crippen LogP contribution in [0.5, 0.6) is 0 Å². The molecule has 1 fully saturated rings. The van der Waals surface area contributed by atoms with Crippen LogP contribution in [0, 0.1) is 5.82 Å². The molecule has 6 nitrogen and oxygen atoms in total. The van der Waals surface area contributed by atoms with E-state index in [1.165, 1.54) is 12.4 Å². The third-order valence-corrected chi connectivity index (χ3v) is 4.11. The van der Waals surface area contributed by atoms with Crippen LogP contribution in [0.4, 0.5) is 9.18 Å². The number of benzene rings is 1. The van der Waals surface area contributed by atoms with Crippen LogP contribution in [-0.2, 0) is 6.54 Å². The highest BCUT2D eigenvalue weighted by molar-refractivity contribution is 5.73. The summed E-state index contributed by atoms with van der Waals surface area (Å²) >= 11 is 0. The first-order chi connectivity index (χ1) is 11.1. The predicted molar refractivity (Wildman–Crippen MR) is 82.6 cm³/mol. The number of aliphatic hydroxyl groups is 1. The van der Waals surface area contributed by atoms with Crippen molar-refractivity contribution in [2.45, 2.75) is 31.4 Å². The molecular weight excluding hydrogens is 299 g/mol. The lowest BCUT2D eigenvalue weighted by molar-refractivity contribution is -0.0290. The highest BCUT2D eigenvalue weighted by Crippen LogP contribution is 2.30. The molecule has 3 rings (SSSR count). The van der Waals surface area contributed by atoms with Crippen LogP contribution >= 0.6 is 0 Å². The van der Waals surface area contributed by atoms with Crippen LogP contribution in [0.1, 0.15) is 24.8 Å². The average molecular weight is 318 g/mol. The van der Waals surface area contributed by atoms with Gasteiger partial charge in [0.1, 0.15) is 5.82 Å². The fourth-order valence-corrected chi connectivity index (χ4v) is 2.52. The van der Waals surface area contributed by atoms with E-state index in [1.54, 1.807) is 29.1 Å². The van der Waals surface area contributed by atoms with Crippen molar-refractivity contribution >= 4 is 6.03 Å². The highest BCUT2D eigenvalue weighted by Gasteiger charge is 2.34. The normalized spacial score (nSPS) is 15.7. The molecule has 1 aliphatic rings. The number of urea groups is 1. The number of nitrogens with zero attached hydrogens (tertiary/aromatic N) is 2. The molecule has 1 aliphatic carbocycles. The van der Waals surface area contributed by atoms with E-state index in [2.05, 4.69) is 15.6 Å². The Morgan fingerprint density at radius 3 is 2.83 bits per heavy atom. The van der Waals surface area contributed by atoms with Crippen LogP contribution < -0.4 is 10.6 Å². The summed E-state index contributed by atoms with van der Waals surface area (Å²) < 4.78 is 15.7. The fourth-order valence-electron chi connectivity index (χ4n) is 2.52. The van der Waals surface area contributed by atoms with E-state index >= 15 is 0 Å². The van der Waals surface area contributed by atoms with Gasteiger partial charge in [0, 0.05) is 25.5 Å². The van der Waals surface area contributed by atoms with Gasteiger partial charge in [-0.3, -0.25) is 0 Å². The summed E-state index contributed by atoms with van der Waals surface area (Å²) in [5.74, 6) is -0.383. The van der Waals surface area contributed by atoms with Crippen LogP contribution in [0.25, 0.3) is 5.69 Å². The van der Waals surface area contributed by atoms with Gasteiger partial charge >= 0.3 is 6.03 Å². The second-order valence-corrected chi connectivity index (χ2v) is 5.87. The van der Waals surface area contributed by atoms with Gasteiger partial charge in [-0.15, -0.1) is 0 Å². The summed E-state index contributed by atoms with van der Waals surface area (Å²) in [5, 5.41) is 15.2. The molecule has 1 aromatic carbocycles. The molecule has 0 atom stereocenters. The van der Waals surface area contributed by atoms with Gasteiger partial charge in [-0.1, -0.05) is 6.07 Å². The summed E-state index contributed by atoms with van der Waals surface area (Å²) in [6.45, 7) is 0.457. The average Bonchev–Trinajstić information content (AvgIpc) is 3.03. The molecule has 23 heavy (non-hydrogen) atoms. The van der Waals surface area contributed by atoms with Gasteiger partial charge in [0.2, 0.25) is 0 Å². The number of hydrogen-bond acceptors (Lipinski definition) is 3. The maximum absolute atomic E-state index is 14.1. The second-order valence-electron chi connectivity index (χ2n) is 5.87. The number of hydrogen-bond donors (Lipinski definition) is 3. The minimum absolute atomic E-state index is 0.214. The number of carbonyl (C=O) groups excluding carboxylic acids is 1. The molecule has 7 heteroatoms. The number of rotatable bonds is 5. The standard InChI is InChI=1S/C16H19FN4O2/c17-13-8-12(2-3-14(13)21-7-6-18-11-21)9-19-15(22)20-10-16(23)4-1-5-16/h2-3,6-8,11,23H,1,4-5,9-10H2,(H2,19,20,22). The lowest BCUT2D eigenvalue weighted by Gasteiger charge is -2.36. The monoisotopic (exact) mass is 318 g/mol. The highest BCUT2D eigenvalue weighted by atomic mass is 19.1. The van der Waals surface area contributed by atoms with E-state index in [9.17, 15) is 14.3 Å². The third kappa shape index (κ3) is 3.68. The Hall–Kier alpha value is -2.41. The molecule has 2 amide bonds. The van der Waals surface area contributed by atoms with E-state index < -0.39 is 5.60 Å². The van der Waals surface area contributed by atoms with Gasteiger partial charge in [0.15, 0.2) is 0 Å². The zero-order valence-electron chi connectivity index (χ0n) is 12.6. The van der Waals surface area contributed by atoms with Gasteiger partial charge in [-0.05, 0) is 37.0 Å². The van der Waals surface area contributed by atoms with Crippen molar-refractivity contribution in [2.75, 3.05) is 6.54 Å². The van der Waals surface area contributed by atoms with Crippen LogP contribution in [0.2, 0.25) is 0 Å². The predicted octanol–water partition coefficient (Wildman–Crippen LogP) is 1.73. The smallest absolute Gasteiger partial charge is 0.315 e. The van der Waals surface area contributed by atoms with Crippen molar-refractivity contribution in [1.82, 2.24) is 20.2 Å². The first kappa shape index (κ1) is 15.5. The first-order valence-corrected chi connectivity index (χ1v) is 7.57. The fraction of sp³-hybridized carbons (Fsp3) is 0.375. The lowest BCUT2D eigenvalue weighted by Crippen LogP contribution is -2.49. The van der Waals surface area contributed by atoms with Crippen LogP contribution in [0.3, 0.4) is 0 Å². The molecule has 0 spiro atoms. The van der Waals surface area contributed by atoms with Crippen molar-refractivity contribution in [2.24, 2.45) is 0 Å². The minimum Gasteiger partial charge on any atom is -0.388 e. The zero-order valence-corrected chi connectivity index (χ0v) is 12.6. The van der Waals surface area contributed by atoms with Crippen LogP contribution in [-0.4, -0.2) is 32.8 Å². The quantitative estimate of drug-likeness (QED) is 0.785. The van der Waals surface area contributed by atoms with Crippen LogP contribution in [0.15, 0.2) is 36.9 Å². The molecule has 122 valence electrons. The maximum Gasteiger partial charge on any atom is 0.315 e. The molecule has 0 radical (unpaired) electrons. The summed E-state index contributed by atoms with van der Waals surface area (Å²) in [4.78, 5) is 15.6. The minimum atomic E-state index is -0.754. The molecule has 1 aromatic heterocycles. The second kappa shape index (κ2) is 6.37. The molecule has 0 unspecified atom stereocenters. The number of imidazole rings is 1. The van der Waals surface area contributed by atoms with Gasteiger partial charge in [-0.25, -0.2) is 14.2 Å². The topological polar surface area (TPSA) is 79.2 Å². The number of aromatic nitrogens is 2. The van der Waals surface area contributed by atoms with Gasteiger partial charge < -0.3 is 20.3 Å². The summed E-state index contributed by atoms with van der Waals surface area (Å²) in [5.41, 5.74) is 0.308. The Labute approximate surface area is 133 Å². The summed E-state index contributed by atoms with van der Waals surface area (Å²) in [6, 6.07) is 4.40. The van der Waals surface area contributed by atoms with E-state index in [-0.39, 0.29) is 24.9 Å². The summed E-state index contributed by atoms with van der Waals surface area (Å²) in [7, 11) is 0. The molecule has 3 N–H and O–H groups in total. The molecule has 0 aliphatic heterocycles. The Kier molecular flexibility index (Phi) is 4.29. The van der Waals surface area contributed by atoms with Gasteiger partial charge in [0.05, 0.1) is 17.6 Å². The number of amides is 2. The van der Waals surface area contributed by atoms with E-state index in [0.29, 0.717) is 24.1 Å². The molecule has 0 bridgehead atoms. The van der Waals surface area contributed by atoms with E-state index in [0.717, 1.165) is 6.42 Å². The Morgan fingerprint density at radius 2 is 2.22 bits per heavy atom. The van der Waals surface area contributed by atoms with Crippen molar-refractivity contribution in [3.05, 3.63) is 48.3 Å². The Morgan fingerprint density at radius 1 is 1.39 bits per heavy atom. The number of nitrogens with one attached hydrogen (secondary N) is 2. The molecule has 2 aromatic rings. The molecule has 0 saturated heterocycles. The van der Waals surface area contributed by atoms with Crippen molar-refractivity contribution in [3.63, 3.8) is 0 Å². The third-order valence-electron chi connectivity index (χ3n) is 4.11. The van der Waals surface area contributed by atoms with Crippen molar-refractivity contribution in [1.29, 1.82) is 0 Å². The SMILES string of the molecule is O=C(NCc1ccc(-n2ccnc2)c(F)c1)NCC1(O)CCC1. The summed E-state index contributed by atoms with van der Waals surface area (Å²) in [6.07, 6.45) is 7.18. The Balaban J connectivity index is 1.52. The van der Waals surface area contributed by atoms with E-state index in [4.69, 9.17) is 0 Å². The number of carbonyl (C=O) groups is 1. The van der Waals surface area contributed by atoms with Crippen molar-refractivity contribution in [3.8, 4) is 5.69 Å². The largest absolute Gasteiger partial charge is 0.388 e. The lowest BCUT2D eigenvalue weighted by atomic mass is 9.80. The maximum atomic E-state index is 14.1. The van der Waals surface area contributed by atoms with E-state index in [1.807, 2.05) is 0 Å². The van der Waals surface area contributed by atoms with Gasteiger partial charge in [0.25, 0.3) is 0 Å². The molecular formula is C16H19FN4O2. The molecule has 1 saturated carbocycles. The Bertz CT molecular complexity index is 683. The molecule has 1 heterocycles. The van der Waals surface area contributed by atoms with Crippen molar-refractivity contribution < 1.29 is 14.3 Å². The van der Waals surface area contributed by atoms with Gasteiger partial charge in [-0.2, -0.15) is 0 Å².